The number of hydrogen-bond acceptors (Lipinski definition) is 5. The maximum atomic E-state index is 13.0. The Morgan fingerprint density at radius 2 is 2.00 bits per heavy atom. The van der Waals surface area contributed by atoms with Crippen molar-refractivity contribution in [3.63, 3.8) is 0 Å². The molecule has 0 saturated carbocycles. The lowest BCUT2D eigenvalue weighted by atomic mass is 9.98. The van der Waals surface area contributed by atoms with Gasteiger partial charge in [0.1, 0.15) is 12.3 Å². The number of amides is 2. The molecule has 6 nitrogen and oxygen atoms in total. The van der Waals surface area contributed by atoms with Gasteiger partial charge in [0.25, 0.3) is 5.91 Å². The van der Waals surface area contributed by atoms with Crippen molar-refractivity contribution in [3.8, 4) is 5.75 Å². The molecule has 1 saturated heterocycles. The monoisotopic (exact) mass is 407 g/mol. The molecular weight excluding hydrogens is 386 g/mol. The lowest BCUT2D eigenvalue weighted by molar-refractivity contribution is -0.133. The quantitative estimate of drug-likeness (QED) is 0.667. The Balaban J connectivity index is 1.32. The minimum Gasteiger partial charge on any atom is -0.482 e. The van der Waals surface area contributed by atoms with Gasteiger partial charge in [0, 0.05) is 19.0 Å². The zero-order chi connectivity index (χ0) is 19.8. The summed E-state index contributed by atoms with van der Waals surface area (Å²) < 4.78 is 6.66. The summed E-state index contributed by atoms with van der Waals surface area (Å²) in [5.41, 5.74) is 1.68. The number of likely N-dealkylation sites (tertiary alicyclic amines) is 1. The van der Waals surface area contributed by atoms with E-state index in [4.69, 9.17) is 9.72 Å². The molecule has 2 aliphatic heterocycles. The van der Waals surface area contributed by atoms with Crippen LogP contribution in [0.15, 0.2) is 48.5 Å². The predicted octanol–water partition coefficient (Wildman–Crippen LogP) is 3.43. The molecule has 0 radical (unpaired) electrons. The molecule has 7 heteroatoms. The smallest absolute Gasteiger partial charge is 0.265 e. The fourth-order valence-corrected chi connectivity index (χ4v) is 5.13. The lowest BCUT2D eigenvalue weighted by Crippen LogP contribution is -2.48. The van der Waals surface area contributed by atoms with Crippen molar-refractivity contribution >= 4 is 39.1 Å². The molecule has 0 N–H and O–H groups in total. The average molecular weight is 407 g/mol. The van der Waals surface area contributed by atoms with Gasteiger partial charge in [-0.25, -0.2) is 4.98 Å². The van der Waals surface area contributed by atoms with Crippen molar-refractivity contribution < 1.29 is 14.3 Å². The van der Waals surface area contributed by atoms with Crippen LogP contribution in [0.2, 0.25) is 0 Å². The fraction of sp³-hybridized carbons (Fsp3) is 0.318. The average Bonchev–Trinajstić information content (AvgIpc) is 3.20. The molecule has 0 spiro atoms. The van der Waals surface area contributed by atoms with E-state index < -0.39 is 0 Å². The van der Waals surface area contributed by atoms with Crippen molar-refractivity contribution in [3.05, 3.63) is 53.5 Å². The zero-order valence-corrected chi connectivity index (χ0v) is 16.7. The number of thiazole rings is 1. The van der Waals surface area contributed by atoms with Crippen LogP contribution in [0.1, 0.15) is 23.8 Å². The summed E-state index contributed by atoms with van der Waals surface area (Å²) in [6.07, 6.45) is 1.98. The van der Waals surface area contributed by atoms with Gasteiger partial charge in [-0.15, -0.1) is 11.3 Å². The van der Waals surface area contributed by atoms with Gasteiger partial charge in [0.05, 0.1) is 20.9 Å². The van der Waals surface area contributed by atoms with Crippen LogP contribution in [0.25, 0.3) is 10.2 Å². The second kappa shape index (κ2) is 7.48. The van der Waals surface area contributed by atoms with Crippen LogP contribution in [0.3, 0.4) is 0 Å². The van der Waals surface area contributed by atoms with Crippen molar-refractivity contribution in [2.75, 3.05) is 31.1 Å². The molecule has 2 aromatic carbocycles. The van der Waals surface area contributed by atoms with Crippen molar-refractivity contribution in [1.82, 2.24) is 9.88 Å². The first-order valence-electron chi connectivity index (χ1n) is 9.84. The minimum absolute atomic E-state index is 0.0270. The Morgan fingerprint density at radius 1 is 1.17 bits per heavy atom. The first-order chi connectivity index (χ1) is 14.2. The van der Waals surface area contributed by atoms with Gasteiger partial charge >= 0.3 is 0 Å². The highest BCUT2D eigenvalue weighted by Gasteiger charge is 2.31. The third-order valence-electron chi connectivity index (χ3n) is 5.54. The molecule has 0 aliphatic carbocycles. The number of anilines is 1. The maximum absolute atomic E-state index is 13.0. The summed E-state index contributed by atoms with van der Waals surface area (Å²) in [5.74, 6) is 0.682. The van der Waals surface area contributed by atoms with Crippen LogP contribution in [-0.4, -0.2) is 47.9 Å². The van der Waals surface area contributed by atoms with E-state index in [1.807, 2.05) is 47.4 Å². The molecule has 3 aromatic rings. The highest BCUT2D eigenvalue weighted by molar-refractivity contribution is 7.18. The number of aromatic nitrogens is 1. The molecule has 1 atom stereocenters. The van der Waals surface area contributed by atoms with Crippen LogP contribution < -0.4 is 9.64 Å². The van der Waals surface area contributed by atoms with Crippen molar-refractivity contribution in [1.29, 1.82) is 0 Å². The molecule has 0 bridgehead atoms. The third-order valence-corrected chi connectivity index (χ3v) is 6.73. The normalized spacial score (nSPS) is 19.2. The van der Waals surface area contributed by atoms with E-state index in [9.17, 15) is 9.59 Å². The Hall–Kier alpha value is -2.93. The predicted molar refractivity (Wildman–Crippen MR) is 112 cm³/mol. The standard InChI is InChI=1S/C22H21N3O3S/c26-20(13-25-17-8-2-3-9-18(17)28-14-21(25)27)24-11-5-6-15(12-24)22-23-16-7-1-4-10-19(16)29-22/h1-4,7-10,15H,5-6,11-14H2/t15-/m1/s1. The van der Waals surface area contributed by atoms with E-state index in [0.29, 0.717) is 18.0 Å². The molecule has 1 fully saturated rings. The van der Waals surface area contributed by atoms with Gasteiger partial charge in [-0.2, -0.15) is 0 Å². The highest BCUT2D eigenvalue weighted by Crippen LogP contribution is 2.34. The summed E-state index contributed by atoms with van der Waals surface area (Å²) in [7, 11) is 0. The number of piperidine rings is 1. The summed E-state index contributed by atoms with van der Waals surface area (Å²) in [6, 6.07) is 15.5. The number of nitrogens with zero attached hydrogens (tertiary/aromatic N) is 3. The molecule has 2 aliphatic rings. The number of rotatable bonds is 3. The van der Waals surface area contributed by atoms with Gasteiger partial charge in [0.15, 0.2) is 6.61 Å². The fourth-order valence-electron chi connectivity index (χ4n) is 4.03. The second-order valence-corrected chi connectivity index (χ2v) is 8.50. The van der Waals surface area contributed by atoms with Gasteiger partial charge < -0.3 is 9.64 Å². The summed E-state index contributed by atoms with van der Waals surface area (Å²) in [6.45, 7) is 1.39. The van der Waals surface area contributed by atoms with Crippen molar-refractivity contribution in [2.24, 2.45) is 0 Å². The van der Waals surface area contributed by atoms with Gasteiger partial charge in [-0.1, -0.05) is 24.3 Å². The van der Waals surface area contributed by atoms with Crippen LogP contribution in [-0.2, 0) is 9.59 Å². The third kappa shape index (κ3) is 3.46. The van der Waals surface area contributed by atoms with E-state index in [2.05, 4.69) is 6.07 Å². The topological polar surface area (TPSA) is 62.7 Å². The molecule has 148 valence electrons. The molecule has 1 aromatic heterocycles. The molecule has 5 rings (SSSR count). The Bertz CT molecular complexity index is 1050. The number of benzene rings is 2. The Labute approximate surface area is 172 Å². The van der Waals surface area contributed by atoms with E-state index in [1.54, 1.807) is 16.2 Å². The van der Waals surface area contributed by atoms with Gasteiger partial charge in [-0.3, -0.25) is 14.5 Å². The van der Waals surface area contributed by atoms with Crippen LogP contribution in [0.4, 0.5) is 5.69 Å². The minimum atomic E-state index is -0.184. The maximum Gasteiger partial charge on any atom is 0.265 e. The van der Waals surface area contributed by atoms with Gasteiger partial charge in [-0.05, 0) is 37.1 Å². The first kappa shape index (κ1) is 18.1. The molecule has 2 amide bonds. The molecule has 0 unspecified atom stereocenters. The van der Waals surface area contributed by atoms with E-state index in [-0.39, 0.29) is 30.9 Å². The number of carbonyl (C=O) groups excluding carboxylic acids is 2. The highest BCUT2D eigenvalue weighted by atomic mass is 32.1. The number of fused-ring (bicyclic) bond motifs is 2. The second-order valence-electron chi connectivity index (χ2n) is 7.44. The van der Waals surface area contributed by atoms with Crippen LogP contribution in [0.5, 0.6) is 5.75 Å². The van der Waals surface area contributed by atoms with E-state index in [1.165, 1.54) is 4.70 Å². The largest absolute Gasteiger partial charge is 0.482 e. The van der Waals surface area contributed by atoms with Crippen LogP contribution in [0, 0.1) is 0 Å². The summed E-state index contributed by atoms with van der Waals surface area (Å²) >= 11 is 1.71. The SMILES string of the molecule is O=C(CN1C(=O)COc2ccccc21)N1CCC[C@@H](c2nc3ccccc3s2)C1. The Morgan fingerprint density at radius 3 is 2.90 bits per heavy atom. The summed E-state index contributed by atoms with van der Waals surface area (Å²) in [5, 5.41) is 1.09. The van der Waals surface area contributed by atoms with E-state index >= 15 is 0 Å². The number of hydrogen-bond donors (Lipinski definition) is 0. The summed E-state index contributed by atoms with van der Waals surface area (Å²) in [4.78, 5) is 33.6. The van der Waals surface area contributed by atoms with Crippen LogP contribution >= 0.6 is 11.3 Å². The van der Waals surface area contributed by atoms with Crippen molar-refractivity contribution in [2.45, 2.75) is 18.8 Å². The number of ether oxygens (including phenoxy) is 1. The van der Waals surface area contributed by atoms with E-state index in [0.717, 1.165) is 29.9 Å². The van der Waals surface area contributed by atoms with Gasteiger partial charge in [0.2, 0.25) is 5.91 Å². The molecule has 29 heavy (non-hydrogen) atoms. The molecule has 3 heterocycles. The Kier molecular flexibility index (Phi) is 4.67. The molecular formula is C22H21N3O3S. The first-order valence-corrected chi connectivity index (χ1v) is 10.7. The number of para-hydroxylation sites is 3. The lowest BCUT2D eigenvalue weighted by Gasteiger charge is -2.35. The zero-order valence-electron chi connectivity index (χ0n) is 15.9. The number of carbonyl (C=O) groups is 2.